The number of carbonyl (C=O) groups excluding carboxylic acids is 6. The van der Waals surface area contributed by atoms with E-state index in [9.17, 15) is 28.8 Å². The van der Waals surface area contributed by atoms with Gasteiger partial charge in [0.1, 0.15) is 6.10 Å². The van der Waals surface area contributed by atoms with Crippen molar-refractivity contribution in [3.05, 3.63) is 106 Å². The van der Waals surface area contributed by atoms with Crippen LogP contribution >= 0.6 is 11.8 Å². The average molecular weight is 1830 g/mol. The quantitative estimate of drug-likeness (QED) is 0.0906. The highest BCUT2D eigenvalue weighted by molar-refractivity contribution is 7.99. The molecule has 6 N–H and O–H groups in total. The number of nitrogens with zero attached hydrogens (tertiary/aromatic N) is 2. The monoisotopic (exact) mass is 1830 g/mol. The maximum absolute atomic E-state index is 11.3. The Balaban J connectivity index is -0.0000000736. The summed E-state index contributed by atoms with van der Waals surface area (Å²) in [5.41, 5.74) is 4.71. The van der Waals surface area contributed by atoms with Crippen LogP contribution in [0.4, 0.5) is 0 Å². The van der Waals surface area contributed by atoms with Gasteiger partial charge < -0.3 is 65.2 Å². The molecule has 764 valence electrons. The second kappa shape index (κ2) is 131. The molecule has 127 heavy (non-hydrogen) atoms. The maximum atomic E-state index is 11.3. The van der Waals surface area contributed by atoms with Crippen LogP contribution < -0.4 is 31.9 Å². The minimum absolute atomic E-state index is 0. The zero-order valence-electron chi connectivity index (χ0n) is 80.5. The Bertz CT molecular complexity index is 2370. The van der Waals surface area contributed by atoms with Crippen molar-refractivity contribution in [2.24, 2.45) is 5.92 Å². The molecule has 0 radical (unpaired) electrons. The van der Waals surface area contributed by atoms with Crippen LogP contribution in [0.5, 0.6) is 0 Å². The second-order valence-electron chi connectivity index (χ2n) is 25.9. The highest BCUT2D eigenvalue weighted by Gasteiger charge is 2.32. The van der Waals surface area contributed by atoms with E-state index in [0.29, 0.717) is 35.6 Å². The second-order valence-corrected chi connectivity index (χ2v) is 27.1. The van der Waals surface area contributed by atoms with Crippen LogP contribution in [0, 0.1) is 5.92 Å². The molecule has 0 aromatic heterocycles. The number of ether oxygens (including phenoxy) is 6. The molecule has 2 unspecified atom stereocenters. The largest absolute Gasteiger partial charge is 0.465 e. The molecule has 0 spiro atoms. The van der Waals surface area contributed by atoms with Crippen LogP contribution in [0.25, 0.3) is 0 Å². The standard InChI is InChI=1S/C9H7NO2.C9H9NO.C9H8O2.C6H13N.C6H12O.C5H11N.C5H8O2.C5H10O.C4H9NO.C4H7NO.C4H9N.C4H8O.C4H8S.C3H7N.10C2H6.9CH4/c1-10-8(11)6-4-2-3-5-7(6)9(10)12;1-10-6-7-4-2-3-5-8(7)9(10)11;1-6-7-4-2-3-5-8(7)9(10)11-6;2*1-2-4-6-7-5-3-1;1-2-4-6-5-3-1;1-4-2-5(6)7-3-4;1-2-4-6-5-3-1;1-3-6-4-2-5-1;6-4-2-1-3-5-4;3*1-2-4-5-3-1;1-2-4-3-1;10*1-2;;;;;;;;;/h2-5H,1H3;2-5H,6H2,1H3;2-6H,1H3;7H,1-6H2;1-6H2;6H,1-5H2;4H,2-3H2,1H3;1-5H2;5H,1-4H2;1-3H2,(H,5,6);5H,1-4H2;2*1-4H2;4H,1-3H2;10*1-2H3;9*1H4. The number of imide groups is 1. The van der Waals surface area contributed by atoms with E-state index in [1.54, 1.807) is 35.2 Å². The molecule has 11 fully saturated rings. The minimum atomic E-state index is -0.212. The Morgan fingerprint density at radius 3 is 0.890 bits per heavy atom. The van der Waals surface area contributed by atoms with Crippen LogP contribution in [-0.2, 0) is 44.6 Å². The highest BCUT2D eigenvalue weighted by Crippen LogP contribution is 2.29. The molecule has 3 aromatic carbocycles. The molecule has 2 atom stereocenters. The van der Waals surface area contributed by atoms with Crippen LogP contribution in [0.1, 0.15) is 432 Å². The van der Waals surface area contributed by atoms with Crippen LogP contribution in [0.3, 0.4) is 0 Å². The van der Waals surface area contributed by atoms with E-state index in [1.807, 2.05) is 202 Å². The summed E-state index contributed by atoms with van der Waals surface area (Å²) < 4.78 is 29.8. The number of piperidine rings is 1. The fourth-order valence-electron chi connectivity index (χ4n) is 10.9. The number of thioether (sulfide) groups is 1. The number of carbonyl (C=O) groups is 6. The first kappa shape index (κ1) is 159. The lowest BCUT2D eigenvalue weighted by Crippen LogP contribution is -2.30. The number of esters is 2. The summed E-state index contributed by atoms with van der Waals surface area (Å²) in [5, 5.41) is 18.8. The van der Waals surface area contributed by atoms with Gasteiger partial charge in [-0.05, 0) is 210 Å². The van der Waals surface area contributed by atoms with Gasteiger partial charge in [0.2, 0.25) is 5.91 Å². The lowest BCUT2D eigenvalue weighted by molar-refractivity contribution is -0.138. The number of benzene rings is 3. The van der Waals surface area contributed by atoms with E-state index in [2.05, 4.69) is 48.4 Å². The summed E-state index contributed by atoms with van der Waals surface area (Å²) in [6.45, 7) is 66.0. The van der Waals surface area contributed by atoms with Crippen molar-refractivity contribution in [3.63, 3.8) is 0 Å². The van der Waals surface area contributed by atoms with Gasteiger partial charge in [-0.2, -0.15) is 11.8 Å². The Kier molecular flexibility index (Phi) is 164. The van der Waals surface area contributed by atoms with E-state index < -0.39 is 0 Å². The van der Waals surface area contributed by atoms with E-state index in [-0.39, 0.29) is 109 Å². The fraction of sp³-hybridized carbons (Fsp3) is 0.774. The number of cyclic esters (lactones) is 2. The Morgan fingerprint density at radius 2 is 0.638 bits per heavy atom. The first-order chi connectivity index (χ1) is 58.0. The number of morpholine rings is 1. The average Bonchev–Trinajstić information content (AvgIpc) is 1.65. The van der Waals surface area contributed by atoms with Crippen LogP contribution in [0.15, 0.2) is 72.8 Å². The first-order valence-corrected chi connectivity index (χ1v) is 48.5. The molecular formula is C106H222N8O12S. The van der Waals surface area contributed by atoms with Gasteiger partial charge in [0.05, 0.1) is 42.9 Å². The Hall–Kier alpha value is -5.33. The Labute approximate surface area is 796 Å². The molecule has 0 saturated carbocycles. The molecule has 0 aliphatic carbocycles. The summed E-state index contributed by atoms with van der Waals surface area (Å²) in [6, 6.07) is 22.0. The highest BCUT2D eigenvalue weighted by atomic mass is 32.2. The predicted octanol–water partition coefficient (Wildman–Crippen LogP) is 27.5. The third-order valence-electron chi connectivity index (χ3n) is 17.1. The maximum Gasteiger partial charge on any atom is 0.339 e. The number of nitrogens with one attached hydrogen (secondary N) is 6. The lowest BCUT2D eigenvalue weighted by Gasteiger charge is -2.10. The van der Waals surface area contributed by atoms with E-state index in [4.69, 9.17) is 23.7 Å². The number of hydrogen-bond acceptors (Lipinski definition) is 18. The number of hydrogen-bond donors (Lipinski definition) is 6. The van der Waals surface area contributed by atoms with E-state index >= 15 is 0 Å². The fourth-order valence-corrected chi connectivity index (χ4v) is 11.9. The minimum Gasteiger partial charge on any atom is -0.465 e. The van der Waals surface area contributed by atoms with Crippen molar-refractivity contribution in [2.75, 3.05) is 157 Å². The smallest absolute Gasteiger partial charge is 0.339 e. The van der Waals surface area contributed by atoms with Gasteiger partial charge in [-0.25, -0.2) is 4.79 Å². The SMILES string of the molecule is C.C.C.C.C.C.C.C.C.C1CCCNCC1.C1CCCOCC1.C1CCNC1.C1CCNCC1.C1CCOC1.C1CCOCC1.C1CCSC1.C1CNC1.C1COCCN1.CC.CC.CC.CC.CC.CC.CC.CC.CC.CC.CC1COC(=O)C1.CC1OC(=O)c2ccccc21.CN1C(=O)c2ccccc2C1=O.CN1Cc2ccccc2C1=O.O=C1CCCN1. The van der Waals surface area contributed by atoms with Crippen molar-refractivity contribution in [1.82, 2.24) is 41.7 Å². The van der Waals surface area contributed by atoms with Gasteiger partial charge in [-0.1, -0.05) is 293 Å². The molecule has 14 aliphatic rings. The summed E-state index contributed by atoms with van der Waals surface area (Å²) in [6.07, 6.45) is 31.1. The molecule has 20 nitrogen and oxygen atoms in total. The van der Waals surface area contributed by atoms with Crippen molar-refractivity contribution in [1.29, 1.82) is 0 Å². The summed E-state index contributed by atoms with van der Waals surface area (Å²) >= 11 is 2.07. The van der Waals surface area contributed by atoms with Crippen LogP contribution in [-0.4, -0.2) is 202 Å². The van der Waals surface area contributed by atoms with Crippen LogP contribution in [0.2, 0.25) is 0 Å². The molecule has 4 amide bonds. The van der Waals surface area contributed by atoms with Crippen molar-refractivity contribution >= 4 is 47.3 Å². The van der Waals surface area contributed by atoms with Gasteiger partial charge in [0.25, 0.3) is 17.7 Å². The van der Waals surface area contributed by atoms with Crippen molar-refractivity contribution in [3.8, 4) is 0 Å². The summed E-state index contributed by atoms with van der Waals surface area (Å²) in [7, 11) is 3.31. The van der Waals surface area contributed by atoms with Crippen molar-refractivity contribution < 1.29 is 57.2 Å². The van der Waals surface area contributed by atoms with Crippen molar-refractivity contribution in [2.45, 2.75) is 386 Å². The predicted molar refractivity (Wildman–Crippen MR) is 568 cm³/mol. The molecule has 17 rings (SSSR count). The summed E-state index contributed by atoms with van der Waals surface area (Å²) in [5.74, 6) is 2.95. The zero-order valence-corrected chi connectivity index (χ0v) is 81.3. The number of fused-ring (bicyclic) bond motifs is 3. The van der Waals surface area contributed by atoms with Gasteiger partial charge >= 0.3 is 11.9 Å². The third-order valence-corrected chi connectivity index (χ3v) is 18.2. The number of amides is 4. The molecular weight excluding hydrogens is 1610 g/mol. The Morgan fingerprint density at radius 1 is 0.331 bits per heavy atom. The first-order valence-electron chi connectivity index (χ1n) is 47.4. The van der Waals surface area contributed by atoms with E-state index in [0.717, 1.165) is 113 Å². The molecule has 14 heterocycles. The summed E-state index contributed by atoms with van der Waals surface area (Å²) in [4.78, 5) is 68.2. The zero-order chi connectivity index (χ0) is 90.1. The van der Waals surface area contributed by atoms with Gasteiger partial charge in [0, 0.05) is 103 Å². The molecule has 11 saturated heterocycles. The molecule has 0 bridgehead atoms. The topological polar surface area (TPSA) is 236 Å². The lowest BCUT2D eigenvalue weighted by atomic mass is 10.1. The van der Waals surface area contributed by atoms with Gasteiger partial charge in [-0.3, -0.25) is 28.9 Å². The molecule has 14 aliphatic heterocycles. The number of rotatable bonds is 0. The van der Waals surface area contributed by atoms with E-state index in [1.165, 1.54) is 206 Å². The van der Waals surface area contributed by atoms with Gasteiger partial charge in [0.15, 0.2) is 0 Å². The van der Waals surface area contributed by atoms with Gasteiger partial charge in [-0.15, -0.1) is 0 Å². The normalized spacial score (nSPS) is 17.4. The third kappa shape index (κ3) is 93.7. The molecule has 3 aromatic rings. The molecule has 21 heteroatoms.